The lowest BCUT2D eigenvalue weighted by Gasteiger charge is -2.50. The molecule has 0 saturated carbocycles. The van der Waals surface area contributed by atoms with Gasteiger partial charge in [0.05, 0.1) is 14.9 Å². The van der Waals surface area contributed by atoms with Gasteiger partial charge in [-0.15, -0.1) is 0 Å². The third-order valence-electron chi connectivity index (χ3n) is 5.17. The lowest BCUT2D eigenvalue weighted by Crippen LogP contribution is -2.58. The van der Waals surface area contributed by atoms with Gasteiger partial charge in [-0.1, -0.05) is 12.5 Å². The van der Waals surface area contributed by atoms with Crippen LogP contribution in [0.5, 0.6) is 0 Å². The van der Waals surface area contributed by atoms with Crippen molar-refractivity contribution in [3.63, 3.8) is 0 Å². The van der Waals surface area contributed by atoms with E-state index in [1.807, 2.05) is 10.6 Å². The van der Waals surface area contributed by atoms with Crippen molar-refractivity contribution < 1.29 is 28.9 Å². The molecule has 128 valence electrons. The molecule has 1 N–H and O–H groups in total. The zero-order valence-corrected chi connectivity index (χ0v) is 13.5. The Kier molecular flexibility index (Phi) is 4.78. The van der Waals surface area contributed by atoms with Crippen molar-refractivity contribution in [1.29, 1.82) is 0 Å². The summed E-state index contributed by atoms with van der Waals surface area (Å²) in [6.07, 6.45) is 5.37. The monoisotopic (exact) mass is 344 g/mol. The number of pyridine rings is 1. The summed E-state index contributed by atoms with van der Waals surface area (Å²) < 4.78 is 34.8. The molecule has 8 heteroatoms. The third-order valence-corrected chi connectivity index (χ3v) is 5.17. The zero-order valence-electron chi connectivity index (χ0n) is 12.8. The van der Waals surface area contributed by atoms with Crippen molar-refractivity contribution in [2.24, 2.45) is 5.92 Å². The van der Waals surface area contributed by atoms with E-state index in [2.05, 4.69) is 11.0 Å². The topological polar surface area (TPSA) is 115 Å². The Morgan fingerprint density at radius 3 is 2.65 bits per heavy atom. The number of piperidine rings is 2. The minimum absolute atomic E-state index is 0.200. The number of hydrogen-bond acceptors (Lipinski definition) is 6. The van der Waals surface area contributed by atoms with E-state index in [0.717, 1.165) is 12.6 Å². The van der Waals surface area contributed by atoms with Crippen LogP contribution >= 0.6 is 0 Å². The van der Waals surface area contributed by atoms with Crippen LogP contribution in [0.2, 0.25) is 0 Å². The standard InChI is InChI=1S/C15H20N2O.ClHO4/c18-15-6-3-5-14-11-8-12(10-17(14)15)13-4-1-2-7-16(13)9-11;2-1(3,4)5/h3,5-6,11-13H,1-2,4,7-10H2;(H,2,3,4,5)/t11-,12-,13+;/m0./s1. The first-order valence-corrected chi connectivity index (χ1v) is 9.16. The van der Waals surface area contributed by atoms with Gasteiger partial charge in [0.2, 0.25) is 0 Å². The second-order valence-electron chi connectivity index (χ2n) is 6.55. The normalized spacial score (nSPS) is 29.8. The Morgan fingerprint density at radius 1 is 1.17 bits per heavy atom. The number of halogens is 1. The number of nitrogens with zero attached hydrogens (tertiary/aromatic N) is 2. The lowest BCUT2D eigenvalue weighted by atomic mass is 9.75. The van der Waals surface area contributed by atoms with Gasteiger partial charge in [0.25, 0.3) is 5.56 Å². The first-order chi connectivity index (χ1) is 10.8. The number of fused-ring (bicyclic) bond motifs is 6. The van der Waals surface area contributed by atoms with Crippen molar-refractivity contribution in [2.75, 3.05) is 13.1 Å². The molecule has 4 rings (SSSR count). The highest BCUT2D eigenvalue weighted by Crippen LogP contribution is 2.41. The van der Waals surface area contributed by atoms with E-state index >= 15 is 0 Å². The molecule has 3 aliphatic rings. The molecule has 1 aromatic rings. The van der Waals surface area contributed by atoms with Gasteiger partial charge in [-0.3, -0.25) is 9.69 Å². The highest BCUT2D eigenvalue weighted by atomic mass is 35.7. The molecule has 1 aromatic heterocycles. The van der Waals surface area contributed by atoms with Gasteiger partial charge < -0.3 is 4.57 Å². The number of rotatable bonds is 0. The van der Waals surface area contributed by atoms with Crippen LogP contribution in [0.4, 0.5) is 0 Å². The van der Waals surface area contributed by atoms with E-state index in [-0.39, 0.29) is 5.56 Å². The molecule has 23 heavy (non-hydrogen) atoms. The predicted molar refractivity (Wildman–Crippen MR) is 73.0 cm³/mol. The van der Waals surface area contributed by atoms with Gasteiger partial charge in [0, 0.05) is 36.8 Å². The van der Waals surface area contributed by atoms with Crippen molar-refractivity contribution in [2.45, 2.75) is 44.2 Å². The molecular formula is C15H21ClN2O5. The third kappa shape index (κ3) is 3.93. The summed E-state index contributed by atoms with van der Waals surface area (Å²) in [5.74, 6) is 1.30. The Morgan fingerprint density at radius 2 is 1.91 bits per heavy atom. The summed E-state index contributed by atoms with van der Waals surface area (Å²) in [4.78, 5) is 14.7. The minimum Gasteiger partial charge on any atom is -0.312 e. The summed E-state index contributed by atoms with van der Waals surface area (Å²) in [7, 11) is -4.69. The first kappa shape index (κ1) is 16.9. The fraction of sp³-hybridized carbons (Fsp3) is 0.667. The second-order valence-corrected chi connectivity index (χ2v) is 7.34. The molecule has 0 unspecified atom stereocenters. The van der Waals surface area contributed by atoms with Gasteiger partial charge in [0.15, 0.2) is 0 Å². The van der Waals surface area contributed by atoms with E-state index in [4.69, 9.17) is 18.6 Å². The smallest absolute Gasteiger partial charge is 0.250 e. The molecule has 0 radical (unpaired) electrons. The van der Waals surface area contributed by atoms with Crippen molar-refractivity contribution >= 4 is 0 Å². The van der Waals surface area contributed by atoms with E-state index in [9.17, 15) is 4.79 Å². The molecule has 4 heterocycles. The van der Waals surface area contributed by atoms with Crippen LogP contribution in [0, 0.1) is 16.2 Å². The molecule has 0 aromatic carbocycles. The van der Waals surface area contributed by atoms with Crippen LogP contribution < -0.4 is 19.5 Å². The largest absolute Gasteiger partial charge is 0.312 e. The quantitative estimate of drug-likeness (QED) is 0.566. The van der Waals surface area contributed by atoms with Crippen LogP contribution in [0.1, 0.15) is 37.3 Å². The molecule has 2 bridgehead atoms. The predicted octanol–water partition coefficient (Wildman–Crippen LogP) is -2.30. The minimum atomic E-state index is -4.69. The average Bonchev–Trinajstić information content (AvgIpc) is 2.47. The van der Waals surface area contributed by atoms with Gasteiger partial charge >= 0.3 is 0 Å². The first-order valence-electron chi connectivity index (χ1n) is 7.90. The van der Waals surface area contributed by atoms with Crippen molar-refractivity contribution in [3.05, 3.63) is 34.2 Å². The van der Waals surface area contributed by atoms with E-state index in [1.54, 1.807) is 6.07 Å². The van der Waals surface area contributed by atoms with E-state index in [1.165, 1.54) is 44.5 Å². The maximum absolute atomic E-state index is 12.0. The van der Waals surface area contributed by atoms with Crippen LogP contribution in [-0.2, 0) is 6.54 Å². The summed E-state index contributed by atoms with van der Waals surface area (Å²) in [6.45, 7) is 3.39. The maximum Gasteiger partial charge on any atom is 0.250 e. The number of aromatic nitrogens is 1. The fourth-order valence-electron chi connectivity index (χ4n) is 4.39. The molecule has 7 nitrogen and oxygen atoms in total. The van der Waals surface area contributed by atoms with Crippen molar-refractivity contribution in [3.8, 4) is 0 Å². The molecule has 3 atom stereocenters. The molecule has 0 amide bonds. The molecule has 2 saturated heterocycles. The molecular weight excluding hydrogens is 324 g/mol. The zero-order chi connectivity index (χ0) is 16.6. The summed E-state index contributed by atoms with van der Waals surface area (Å²) in [6, 6.07) is 6.54. The highest BCUT2D eigenvalue weighted by Gasteiger charge is 2.41. The summed E-state index contributed by atoms with van der Waals surface area (Å²) in [5.41, 5.74) is 1.48. The molecule has 2 fully saturated rings. The Labute approximate surface area is 136 Å². The SMILES string of the molecule is O=c1cccc2n1C[C@@H]1C[C@H]2CN2CCCC[C@H]12.[O-][Cl+3]([O-])([O-])O. The molecule has 0 aliphatic carbocycles. The Balaban J connectivity index is 0.000000276. The molecule has 3 aliphatic heterocycles. The van der Waals surface area contributed by atoms with Crippen molar-refractivity contribution in [1.82, 2.24) is 9.47 Å². The number of hydrogen-bond donors (Lipinski definition) is 1. The Bertz CT molecular complexity index is 609. The van der Waals surface area contributed by atoms with Crippen LogP contribution in [0.3, 0.4) is 0 Å². The molecule has 0 spiro atoms. The fourth-order valence-corrected chi connectivity index (χ4v) is 4.39. The van der Waals surface area contributed by atoms with Crippen LogP contribution in [0.25, 0.3) is 0 Å². The maximum atomic E-state index is 12.0. The van der Waals surface area contributed by atoms with Gasteiger partial charge in [-0.25, -0.2) is 0 Å². The lowest BCUT2D eigenvalue weighted by molar-refractivity contribution is -1.92. The second kappa shape index (κ2) is 6.51. The average molecular weight is 345 g/mol. The van der Waals surface area contributed by atoms with E-state index < -0.39 is 10.2 Å². The van der Waals surface area contributed by atoms with Gasteiger partial charge in [-0.05, 0) is 37.8 Å². The summed E-state index contributed by atoms with van der Waals surface area (Å²) in [5, 5.41) is 0. The van der Waals surface area contributed by atoms with Crippen LogP contribution in [-0.4, -0.2) is 33.3 Å². The van der Waals surface area contributed by atoms with Crippen LogP contribution in [0.15, 0.2) is 23.0 Å². The Hall–Kier alpha value is -0.960. The van der Waals surface area contributed by atoms with E-state index in [0.29, 0.717) is 11.8 Å². The highest BCUT2D eigenvalue weighted by molar-refractivity contribution is 5.18. The van der Waals surface area contributed by atoms with Gasteiger partial charge in [-0.2, -0.15) is 14.0 Å². The van der Waals surface area contributed by atoms with Gasteiger partial charge in [0.1, 0.15) is 0 Å². The summed E-state index contributed by atoms with van der Waals surface area (Å²) >= 11 is 0.